The molecule has 1 nitrogen and oxygen atoms in total. The van der Waals surface area contributed by atoms with Crippen molar-refractivity contribution in [3.63, 3.8) is 0 Å². The van der Waals surface area contributed by atoms with Gasteiger partial charge in [0.2, 0.25) is 0 Å². The molecule has 1 N–H and O–H groups in total. The van der Waals surface area contributed by atoms with E-state index in [0.29, 0.717) is 6.42 Å². The number of alkyl halides is 3. The number of hydrogen-bond acceptors (Lipinski definition) is 1. The Morgan fingerprint density at radius 3 is 2.15 bits per heavy atom. The van der Waals surface area contributed by atoms with Crippen LogP contribution in [0.3, 0.4) is 0 Å². The van der Waals surface area contributed by atoms with Crippen molar-refractivity contribution in [2.45, 2.75) is 57.7 Å². The number of aliphatic hydroxyl groups is 1. The van der Waals surface area contributed by atoms with E-state index in [1.54, 1.807) is 0 Å². The molecular formula is C16H21F3O. The summed E-state index contributed by atoms with van der Waals surface area (Å²) in [5, 5.41) is 10.5. The summed E-state index contributed by atoms with van der Waals surface area (Å²) in [6.45, 7) is 2.08. The maximum absolute atomic E-state index is 12.5. The third-order valence-corrected chi connectivity index (χ3v) is 4.72. The van der Waals surface area contributed by atoms with E-state index >= 15 is 0 Å². The van der Waals surface area contributed by atoms with Crippen molar-refractivity contribution < 1.29 is 18.3 Å². The maximum Gasteiger partial charge on any atom is 0.416 e. The van der Waals surface area contributed by atoms with E-state index < -0.39 is 17.8 Å². The van der Waals surface area contributed by atoms with Crippen molar-refractivity contribution in [1.29, 1.82) is 0 Å². The quantitative estimate of drug-likeness (QED) is 0.859. The van der Waals surface area contributed by atoms with Crippen LogP contribution in [0.15, 0.2) is 24.3 Å². The molecule has 1 aliphatic rings. The molecule has 1 aromatic rings. The molecule has 1 aliphatic carbocycles. The second-order valence-electron chi connectivity index (χ2n) is 5.84. The molecule has 0 bridgehead atoms. The fourth-order valence-electron chi connectivity index (χ4n) is 3.27. The fourth-order valence-corrected chi connectivity index (χ4v) is 3.27. The molecule has 1 fully saturated rings. The Balaban J connectivity index is 2.06. The van der Waals surface area contributed by atoms with Crippen molar-refractivity contribution >= 4 is 0 Å². The zero-order valence-electron chi connectivity index (χ0n) is 11.7. The lowest BCUT2D eigenvalue weighted by Gasteiger charge is -2.33. The summed E-state index contributed by atoms with van der Waals surface area (Å²) in [5.74, 6) is 0. The Labute approximate surface area is 117 Å². The zero-order chi connectivity index (χ0) is 14.8. The van der Waals surface area contributed by atoms with Gasteiger partial charge in [-0.25, -0.2) is 0 Å². The summed E-state index contributed by atoms with van der Waals surface area (Å²) in [4.78, 5) is 0. The van der Waals surface area contributed by atoms with Gasteiger partial charge in [-0.3, -0.25) is 0 Å². The van der Waals surface area contributed by atoms with E-state index in [9.17, 15) is 18.3 Å². The largest absolute Gasteiger partial charge is 0.416 e. The SMILES string of the molecule is CCC1(C(O)Cc2ccc(C(F)(F)F)cc2)CCCC1. The van der Waals surface area contributed by atoms with Crippen molar-refractivity contribution in [3.8, 4) is 0 Å². The van der Waals surface area contributed by atoms with Gasteiger partial charge in [-0.05, 0) is 48.8 Å². The minimum atomic E-state index is -4.30. The van der Waals surface area contributed by atoms with Gasteiger partial charge in [-0.1, -0.05) is 31.9 Å². The van der Waals surface area contributed by atoms with E-state index in [4.69, 9.17) is 0 Å². The van der Waals surface area contributed by atoms with Gasteiger partial charge in [0.15, 0.2) is 0 Å². The minimum Gasteiger partial charge on any atom is -0.392 e. The van der Waals surface area contributed by atoms with Crippen molar-refractivity contribution in [2.75, 3.05) is 0 Å². The van der Waals surface area contributed by atoms with Gasteiger partial charge in [0.05, 0.1) is 11.7 Å². The molecule has 0 saturated heterocycles. The molecule has 20 heavy (non-hydrogen) atoms. The summed E-state index contributed by atoms with van der Waals surface area (Å²) in [5.41, 5.74) is 0.0925. The molecule has 1 atom stereocenters. The van der Waals surface area contributed by atoms with Crippen LogP contribution in [0.4, 0.5) is 13.2 Å². The average molecular weight is 286 g/mol. The molecule has 4 heteroatoms. The smallest absolute Gasteiger partial charge is 0.392 e. The predicted molar refractivity (Wildman–Crippen MR) is 72.3 cm³/mol. The highest BCUT2D eigenvalue weighted by Gasteiger charge is 2.38. The Bertz CT molecular complexity index is 430. The second kappa shape index (κ2) is 5.76. The molecular weight excluding hydrogens is 265 g/mol. The molecule has 0 amide bonds. The predicted octanol–water partition coefficient (Wildman–Crippen LogP) is 4.58. The average Bonchev–Trinajstić information content (AvgIpc) is 2.88. The van der Waals surface area contributed by atoms with Crippen LogP contribution in [0, 0.1) is 5.41 Å². The summed E-state index contributed by atoms with van der Waals surface area (Å²) in [7, 11) is 0. The Morgan fingerprint density at radius 2 is 1.70 bits per heavy atom. The molecule has 0 spiro atoms. The molecule has 0 radical (unpaired) electrons. The van der Waals surface area contributed by atoms with E-state index in [-0.39, 0.29) is 5.41 Å². The Morgan fingerprint density at radius 1 is 1.15 bits per heavy atom. The number of rotatable bonds is 4. The first-order valence-electron chi connectivity index (χ1n) is 7.21. The lowest BCUT2D eigenvalue weighted by molar-refractivity contribution is -0.137. The number of benzene rings is 1. The number of hydrogen-bond donors (Lipinski definition) is 1. The first-order valence-corrected chi connectivity index (χ1v) is 7.21. The highest BCUT2D eigenvalue weighted by Crippen LogP contribution is 2.44. The first-order chi connectivity index (χ1) is 9.37. The van der Waals surface area contributed by atoms with Crippen LogP contribution in [0.1, 0.15) is 50.2 Å². The van der Waals surface area contributed by atoms with Crippen molar-refractivity contribution in [1.82, 2.24) is 0 Å². The Hall–Kier alpha value is -1.03. The van der Waals surface area contributed by atoms with E-state index in [2.05, 4.69) is 6.92 Å². The summed E-state index contributed by atoms with van der Waals surface area (Å²) in [6.07, 6.45) is 0.909. The number of aliphatic hydroxyl groups excluding tert-OH is 1. The van der Waals surface area contributed by atoms with Gasteiger partial charge in [0, 0.05) is 0 Å². The summed E-state index contributed by atoms with van der Waals surface area (Å²) >= 11 is 0. The molecule has 112 valence electrons. The molecule has 0 aromatic heterocycles. The monoisotopic (exact) mass is 286 g/mol. The molecule has 1 unspecified atom stereocenters. The molecule has 1 aromatic carbocycles. The van der Waals surface area contributed by atoms with Crippen LogP contribution in [0.5, 0.6) is 0 Å². The van der Waals surface area contributed by atoms with Gasteiger partial charge in [0.25, 0.3) is 0 Å². The van der Waals surface area contributed by atoms with Crippen LogP contribution >= 0.6 is 0 Å². The van der Waals surface area contributed by atoms with Gasteiger partial charge in [0.1, 0.15) is 0 Å². The van der Waals surface area contributed by atoms with Crippen LogP contribution in [0.2, 0.25) is 0 Å². The molecule has 2 rings (SSSR count). The lowest BCUT2D eigenvalue weighted by Crippen LogP contribution is -2.33. The summed E-state index contributed by atoms with van der Waals surface area (Å²) < 4.78 is 37.5. The second-order valence-corrected chi connectivity index (χ2v) is 5.84. The molecule has 0 aliphatic heterocycles. The normalized spacial score (nSPS) is 20.1. The van der Waals surface area contributed by atoms with Gasteiger partial charge in [-0.15, -0.1) is 0 Å². The van der Waals surface area contributed by atoms with E-state index in [1.165, 1.54) is 12.1 Å². The van der Waals surface area contributed by atoms with Crippen LogP contribution < -0.4 is 0 Å². The minimum absolute atomic E-state index is 0.0390. The third-order valence-electron chi connectivity index (χ3n) is 4.72. The zero-order valence-corrected chi connectivity index (χ0v) is 11.7. The van der Waals surface area contributed by atoms with Gasteiger partial charge in [-0.2, -0.15) is 13.2 Å². The van der Waals surface area contributed by atoms with Crippen LogP contribution in [0.25, 0.3) is 0 Å². The van der Waals surface area contributed by atoms with Crippen molar-refractivity contribution in [2.24, 2.45) is 5.41 Å². The third kappa shape index (κ3) is 3.17. The Kier molecular flexibility index (Phi) is 4.43. The fraction of sp³-hybridized carbons (Fsp3) is 0.625. The first kappa shape index (κ1) is 15.4. The van der Waals surface area contributed by atoms with E-state index in [1.807, 2.05) is 0 Å². The van der Waals surface area contributed by atoms with Crippen LogP contribution in [-0.2, 0) is 12.6 Å². The van der Waals surface area contributed by atoms with Gasteiger partial charge >= 0.3 is 6.18 Å². The van der Waals surface area contributed by atoms with Gasteiger partial charge < -0.3 is 5.11 Å². The number of halogens is 3. The standard InChI is InChI=1S/C16H21F3O/c1-2-15(9-3-4-10-15)14(20)11-12-5-7-13(8-6-12)16(17,18)19/h5-8,14,20H,2-4,9-11H2,1H3. The lowest BCUT2D eigenvalue weighted by atomic mass is 9.76. The highest BCUT2D eigenvalue weighted by molar-refractivity contribution is 5.25. The van der Waals surface area contributed by atoms with Crippen molar-refractivity contribution in [3.05, 3.63) is 35.4 Å². The molecule has 1 saturated carbocycles. The topological polar surface area (TPSA) is 20.2 Å². The summed E-state index contributed by atoms with van der Waals surface area (Å²) in [6, 6.07) is 5.14. The maximum atomic E-state index is 12.5. The van der Waals surface area contributed by atoms with E-state index in [0.717, 1.165) is 49.8 Å². The highest BCUT2D eigenvalue weighted by atomic mass is 19.4. The van der Waals surface area contributed by atoms with Crippen LogP contribution in [-0.4, -0.2) is 11.2 Å². The molecule has 0 heterocycles.